The van der Waals surface area contributed by atoms with Gasteiger partial charge < -0.3 is 5.32 Å². The van der Waals surface area contributed by atoms with Gasteiger partial charge in [0.1, 0.15) is 5.54 Å². The maximum absolute atomic E-state index is 9.80. The number of benzene rings is 2. The van der Waals surface area contributed by atoms with Crippen molar-refractivity contribution in [3.8, 4) is 6.07 Å². The number of hydrogen-bond donors (Lipinski definition) is 1. The molecule has 0 radical (unpaired) electrons. The molecule has 4 heteroatoms. The van der Waals surface area contributed by atoms with Crippen LogP contribution < -0.4 is 10.2 Å². The fourth-order valence-corrected chi connectivity index (χ4v) is 3.50. The molecule has 0 saturated heterocycles. The van der Waals surface area contributed by atoms with Crippen molar-refractivity contribution in [1.29, 1.82) is 5.26 Å². The van der Waals surface area contributed by atoms with E-state index in [-0.39, 0.29) is 0 Å². The Hall–Kier alpha value is -3.06. The number of hydrogen-bond acceptors (Lipinski definition) is 4. The van der Waals surface area contributed by atoms with Crippen molar-refractivity contribution in [1.82, 2.24) is 0 Å². The predicted molar refractivity (Wildman–Crippen MR) is 92.1 cm³/mol. The van der Waals surface area contributed by atoms with Crippen molar-refractivity contribution < 1.29 is 0 Å². The Morgan fingerprint density at radius 1 is 1.09 bits per heavy atom. The molecule has 0 amide bonds. The van der Waals surface area contributed by atoms with Crippen LogP contribution in [0.3, 0.4) is 0 Å². The lowest BCUT2D eigenvalue weighted by Gasteiger charge is -2.42. The summed E-state index contributed by atoms with van der Waals surface area (Å²) in [5.74, 6) is 0.772. The first-order chi connectivity index (χ1) is 11.2. The fraction of sp³-hybridized carbons (Fsp3) is 0.158. The SMILES string of the molecule is CC1=C(C#N)C(C)(c2ccccc2)N2C(=N1)Nc1ccccc12. The van der Waals surface area contributed by atoms with E-state index in [9.17, 15) is 5.26 Å². The van der Waals surface area contributed by atoms with Crippen LogP contribution in [0, 0.1) is 11.3 Å². The van der Waals surface area contributed by atoms with E-state index in [2.05, 4.69) is 46.4 Å². The molecule has 2 aliphatic rings. The largest absolute Gasteiger partial charge is 0.324 e. The second kappa shape index (κ2) is 4.72. The van der Waals surface area contributed by atoms with Crippen molar-refractivity contribution in [3.05, 3.63) is 71.4 Å². The highest BCUT2D eigenvalue weighted by atomic mass is 15.4. The average Bonchev–Trinajstić information content (AvgIpc) is 2.94. The summed E-state index contributed by atoms with van der Waals surface area (Å²) in [7, 11) is 0. The number of rotatable bonds is 1. The lowest BCUT2D eigenvalue weighted by molar-refractivity contribution is 0.582. The highest BCUT2D eigenvalue weighted by Gasteiger charge is 2.47. The molecule has 4 nitrogen and oxygen atoms in total. The van der Waals surface area contributed by atoms with Crippen molar-refractivity contribution >= 4 is 17.3 Å². The molecule has 1 atom stereocenters. The van der Waals surface area contributed by atoms with E-state index in [1.165, 1.54) is 0 Å². The Morgan fingerprint density at radius 3 is 2.52 bits per heavy atom. The number of aliphatic imine (C=N–C) groups is 1. The van der Waals surface area contributed by atoms with Gasteiger partial charge in [-0.3, -0.25) is 4.90 Å². The van der Waals surface area contributed by atoms with Crippen molar-refractivity contribution in [3.63, 3.8) is 0 Å². The quantitative estimate of drug-likeness (QED) is 0.866. The highest BCUT2D eigenvalue weighted by Crippen LogP contribution is 2.48. The first-order valence-electron chi connectivity index (χ1n) is 7.58. The van der Waals surface area contributed by atoms with E-state index >= 15 is 0 Å². The molecule has 0 saturated carbocycles. The van der Waals surface area contributed by atoms with Gasteiger partial charge in [-0.05, 0) is 31.5 Å². The van der Waals surface area contributed by atoms with Gasteiger partial charge in [0.2, 0.25) is 5.96 Å². The van der Waals surface area contributed by atoms with Crippen molar-refractivity contribution in [2.45, 2.75) is 19.4 Å². The lowest BCUT2D eigenvalue weighted by atomic mass is 9.81. The minimum atomic E-state index is -0.587. The van der Waals surface area contributed by atoms with Crippen LogP contribution in [0.2, 0.25) is 0 Å². The zero-order valence-electron chi connectivity index (χ0n) is 13.0. The molecule has 1 unspecified atom stereocenters. The molecule has 4 rings (SSSR count). The normalized spacial score (nSPS) is 22.0. The Bertz CT molecular complexity index is 889. The monoisotopic (exact) mass is 300 g/mol. The number of guanidine groups is 1. The van der Waals surface area contributed by atoms with Gasteiger partial charge in [0.25, 0.3) is 0 Å². The van der Waals surface area contributed by atoms with E-state index in [1.807, 2.05) is 43.3 Å². The van der Waals surface area contributed by atoms with Gasteiger partial charge >= 0.3 is 0 Å². The minimum Gasteiger partial charge on any atom is -0.324 e. The first kappa shape index (κ1) is 13.6. The second-order valence-electron chi connectivity index (χ2n) is 5.92. The summed E-state index contributed by atoms with van der Waals surface area (Å²) in [6.07, 6.45) is 0. The molecule has 2 aliphatic heterocycles. The van der Waals surface area contributed by atoms with Gasteiger partial charge in [0, 0.05) is 0 Å². The molecule has 2 aromatic rings. The smallest absolute Gasteiger partial charge is 0.209 e. The highest BCUT2D eigenvalue weighted by molar-refractivity contribution is 6.17. The third-order valence-electron chi connectivity index (χ3n) is 4.62. The van der Waals surface area contributed by atoms with Gasteiger partial charge in [-0.15, -0.1) is 0 Å². The molecule has 23 heavy (non-hydrogen) atoms. The van der Waals surface area contributed by atoms with Crippen LogP contribution in [0.1, 0.15) is 19.4 Å². The summed E-state index contributed by atoms with van der Waals surface area (Å²) < 4.78 is 0. The van der Waals surface area contributed by atoms with E-state index in [0.717, 1.165) is 28.6 Å². The number of nitrogens with one attached hydrogen (secondary N) is 1. The number of nitrogens with zero attached hydrogens (tertiary/aromatic N) is 3. The maximum atomic E-state index is 9.80. The number of anilines is 2. The molecule has 2 heterocycles. The minimum absolute atomic E-state index is 0.587. The topological polar surface area (TPSA) is 51.4 Å². The van der Waals surface area contributed by atoms with Crippen molar-refractivity contribution in [2.75, 3.05) is 10.2 Å². The number of fused-ring (bicyclic) bond motifs is 3. The molecular weight excluding hydrogens is 284 g/mol. The molecule has 0 spiro atoms. The maximum Gasteiger partial charge on any atom is 0.209 e. The van der Waals surface area contributed by atoms with Gasteiger partial charge in [-0.25, -0.2) is 4.99 Å². The number of nitriles is 1. The Morgan fingerprint density at radius 2 is 1.78 bits per heavy atom. The zero-order chi connectivity index (χ0) is 16.0. The van der Waals surface area contributed by atoms with E-state index in [0.29, 0.717) is 5.57 Å². The van der Waals surface area contributed by atoms with E-state index in [1.54, 1.807) is 0 Å². The Kier molecular flexibility index (Phi) is 2.79. The van der Waals surface area contributed by atoms with Gasteiger partial charge in [0.15, 0.2) is 0 Å². The van der Waals surface area contributed by atoms with Crippen LogP contribution >= 0.6 is 0 Å². The third-order valence-corrected chi connectivity index (χ3v) is 4.62. The summed E-state index contributed by atoms with van der Waals surface area (Å²) in [6, 6.07) is 20.6. The van der Waals surface area contributed by atoms with Crippen LogP contribution in [0.5, 0.6) is 0 Å². The molecule has 0 aromatic heterocycles. The molecule has 1 N–H and O–H groups in total. The summed E-state index contributed by atoms with van der Waals surface area (Å²) in [5.41, 5.74) is 3.97. The van der Waals surface area contributed by atoms with Gasteiger partial charge in [-0.2, -0.15) is 5.26 Å². The Labute approximate surface area is 135 Å². The molecule has 0 aliphatic carbocycles. The predicted octanol–water partition coefficient (Wildman–Crippen LogP) is 4.00. The molecular formula is C19H16N4. The Balaban J connectivity index is 2.02. The van der Waals surface area contributed by atoms with Crippen LogP contribution in [-0.2, 0) is 5.54 Å². The second-order valence-corrected chi connectivity index (χ2v) is 5.92. The standard InChI is InChI=1S/C19H16N4/c1-13-15(12-20)19(2,14-8-4-3-5-9-14)23-17-11-7-6-10-16(17)22-18(23)21-13/h3-11H,1-2H3,(H,21,22). The zero-order valence-corrected chi connectivity index (χ0v) is 13.0. The van der Waals surface area contributed by atoms with E-state index < -0.39 is 5.54 Å². The summed E-state index contributed by atoms with van der Waals surface area (Å²) in [4.78, 5) is 6.75. The number of para-hydroxylation sites is 2. The summed E-state index contributed by atoms with van der Waals surface area (Å²) >= 11 is 0. The van der Waals surface area contributed by atoms with Crippen LogP contribution in [0.15, 0.2) is 70.9 Å². The first-order valence-corrected chi connectivity index (χ1v) is 7.58. The summed E-state index contributed by atoms with van der Waals surface area (Å²) in [5, 5.41) is 13.2. The van der Waals surface area contributed by atoms with Gasteiger partial charge in [0.05, 0.1) is 28.7 Å². The van der Waals surface area contributed by atoms with Crippen LogP contribution in [-0.4, -0.2) is 5.96 Å². The average molecular weight is 300 g/mol. The molecule has 112 valence electrons. The van der Waals surface area contributed by atoms with Gasteiger partial charge in [-0.1, -0.05) is 42.5 Å². The van der Waals surface area contributed by atoms with Crippen LogP contribution in [0.25, 0.3) is 0 Å². The third kappa shape index (κ3) is 1.74. The van der Waals surface area contributed by atoms with Crippen molar-refractivity contribution in [2.24, 2.45) is 4.99 Å². The number of allylic oxidation sites excluding steroid dienone is 1. The fourth-order valence-electron chi connectivity index (χ4n) is 3.50. The molecule has 2 aromatic carbocycles. The molecule has 0 fully saturated rings. The van der Waals surface area contributed by atoms with E-state index in [4.69, 9.17) is 0 Å². The lowest BCUT2D eigenvalue weighted by Crippen LogP contribution is -2.51. The van der Waals surface area contributed by atoms with Crippen LogP contribution in [0.4, 0.5) is 11.4 Å². The summed E-state index contributed by atoms with van der Waals surface area (Å²) in [6.45, 7) is 3.98. The molecule has 0 bridgehead atoms.